The lowest BCUT2D eigenvalue weighted by molar-refractivity contribution is -0.121. The molecule has 0 aromatic carbocycles. The molecule has 1 rings (SSSR count). The fraction of sp³-hybridized carbons (Fsp3) is 0.444. The van der Waals surface area contributed by atoms with Crippen LogP contribution in [0.5, 0.6) is 0 Å². The average Bonchev–Trinajstić information content (AvgIpc) is 2.55. The van der Waals surface area contributed by atoms with E-state index in [0.29, 0.717) is 0 Å². The predicted molar refractivity (Wildman–Crippen MR) is 56.2 cm³/mol. The van der Waals surface area contributed by atoms with Gasteiger partial charge in [0.1, 0.15) is 5.38 Å². The summed E-state index contributed by atoms with van der Waals surface area (Å²) in [6, 6.07) is 4.01. The molecular formula is C9H12ClNOS. The van der Waals surface area contributed by atoms with Gasteiger partial charge >= 0.3 is 0 Å². The minimum absolute atomic E-state index is 0.0497. The molecule has 1 aromatic rings. The summed E-state index contributed by atoms with van der Waals surface area (Å²) in [5.41, 5.74) is 0. The van der Waals surface area contributed by atoms with Crippen LogP contribution in [0, 0.1) is 0 Å². The summed E-state index contributed by atoms with van der Waals surface area (Å²) in [6.07, 6.45) is 0. The van der Waals surface area contributed by atoms with E-state index >= 15 is 0 Å². The second kappa shape index (κ2) is 4.63. The van der Waals surface area contributed by atoms with Crippen molar-refractivity contribution in [3.05, 3.63) is 22.4 Å². The molecule has 2 nitrogen and oxygen atoms in total. The van der Waals surface area contributed by atoms with Gasteiger partial charge in [0.25, 0.3) is 0 Å². The van der Waals surface area contributed by atoms with Gasteiger partial charge < -0.3 is 5.32 Å². The Labute approximate surface area is 86.9 Å². The average molecular weight is 218 g/mol. The summed E-state index contributed by atoms with van der Waals surface area (Å²) in [5, 5.41) is 4.34. The Morgan fingerprint density at radius 2 is 2.31 bits per heavy atom. The summed E-state index contributed by atoms with van der Waals surface area (Å²) < 4.78 is 0. The molecule has 0 bridgehead atoms. The highest BCUT2D eigenvalue weighted by Gasteiger charge is 2.13. The minimum atomic E-state index is -0.470. The number of hydrogen-bond donors (Lipinski definition) is 1. The third-order valence-corrected chi connectivity index (χ3v) is 2.94. The van der Waals surface area contributed by atoms with Crippen molar-refractivity contribution in [2.24, 2.45) is 0 Å². The van der Waals surface area contributed by atoms with Crippen LogP contribution in [-0.2, 0) is 4.79 Å². The molecule has 0 radical (unpaired) electrons. The Morgan fingerprint density at radius 1 is 1.62 bits per heavy atom. The topological polar surface area (TPSA) is 29.1 Å². The van der Waals surface area contributed by atoms with E-state index in [2.05, 4.69) is 5.32 Å². The van der Waals surface area contributed by atoms with Crippen LogP contribution in [0.1, 0.15) is 24.8 Å². The Bertz CT molecular complexity index is 271. The van der Waals surface area contributed by atoms with Crippen LogP contribution in [0.2, 0.25) is 0 Å². The SMILES string of the molecule is CC(Cl)C(=O)N[C@@H](C)c1cccs1. The number of hydrogen-bond acceptors (Lipinski definition) is 2. The van der Waals surface area contributed by atoms with E-state index in [4.69, 9.17) is 11.6 Å². The quantitative estimate of drug-likeness (QED) is 0.775. The summed E-state index contributed by atoms with van der Waals surface area (Å²) in [6.45, 7) is 3.61. The minimum Gasteiger partial charge on any atom is -0.347 e. The molecule has 2 atom stereocenters. The molecule has 1 unspecified atom stereocenters. The van der Waals surface area contributed by atoms with E-state index < -0.39 is 5.38 Å². The van der Waals surface area contributed by atoms with Gasteiger partial charge in [0, 0.05) is 4.88 Å². The van der Waals surface area contributed by atoms with Gasteiger partial charge in [-0.15, -0.1) is 22.9 Å². The van der Waals surface area contributed by atoms with E-state index in [1.807, 2.05) is 24.4 Å². The standard InChI is InChI=1S/C9H12ClNOS/c1-6(10)9(12)11-7(2)8-4-3-5-13-8/h3-7H,1-2H3,(H,11,12)/t6?,7-/m0/s1. The Morgan fingerprint density at radius 3 is 2.77 bits per heavy atom. The van der Waals surface area contributed by atoms with E-state index in [0.717, 1.165) is 4.88 Å². The number of carbonyl (C=O) groups is 1. The van der Waals surface area contributed by atoms with Crippen LogP contribution in [0.25, 0.3) is 0 Å². The molecule has 1 aromatic heterocycles. The molecule has 1 heterocycles. The van der Waals surface area contributed by atoms with Crippen molar-refractivity contribution >= 4 is 28.8 Å². The van der Waals surface area contributed by atoms with Crippen LogP contribution in [0.3, 0.4) is 0 Å². The molecule has 0 aliphatic carbocycles. The van der Waals surface area contributed by atoms with E-state index in [1.54, 1.807) is 18.3 Å². The molecule has 0 aliphatic rings. The molecule has 0 spiro atoms. The van der Waals surface area contributed by atoms with E-state index in [-0.39, 0.29) is 11.9 Å². The monoisotopic (exact) mass is 217 g/mol. The Kier molecular flexibility index (Phi) is 3.75. The highest BCUT2D eigenvalue weighted by Crippen LogP contribution is 2.18. The van der Waals surface area contributed by atoms with Crippen LogP contribution in [0.15, 0.2) is 17.5 Å². The molecular weight excluding hydrogens is 206 g/mol. The zero-order valence-corrected chi connectivity index (χ0v) is 9.15. The number of halogens is 1. The lowest BCUT2D eigenvalue weighted by Crippen LogP contribution is -2.31. The van der Waals surface area contributed by atoms with Gasteiger partial charge in [-0.25, -0.2) is 0 Å². The lowest BCUT2D eigenvalue weighted by Gasteiger charge is -2.12. The van der Waals surface area contributed by atoms with Crippen LogP contribution >= 0.6 is 22.9 Å². The molecule has 0 fully saturated rings. The summed E-state index contributed by atoms with van der Waals surface area (Å²) >= 11 is 7.25. The third-order valence-electron chi connectivity index (χ3n) is 1.69. The number of carbonyl (C=O) groups excluding carboxylic acids is 1. The summed E-state index contributed by atoms with van der Waals surface area (Å²) in [5.74, 6) is -0.123. The molecule has 4 heteroatoms. The van der Waals surface area contributed by atoms with Crippen LogP contribution < -0.4 is 5.32 Å². The van der Waals surface area contributed by atoms with Gasteiger partial charge in [0.05, 0.1) is 6.04 Å². The van der Waals surface area contributed by atoms with Gasteiger partial charge in [-0.1, -0.05) is 6.07 Å². The fourth-order valence-electron chi connectivity index (χ4n) is 0.937. The second-order valence-electron chi connectivity index (χ2n) is 2.86. The highest BCUT2D eigenvalue weighted by atomic mass is 35.5. The van der Waals surface area contributed by atoms with Crippen LogP contribution in [-0.4, -0.2) is 11.3 Å². The highest BCUT2D eigenvalue weighted by molar-refractivity contribution is 7.10. The zero-order valence-electron chi connectivity index (χ0n) is 7.58. The molecule has 1 amide bonds. The number of alkyl halides is 1. The summed E-state index contributed by atoms with van der Waals surface area (Å²) in [7, 11) is 0. The van der Waals surface area contributed by atoms with Crippen molar-refractivity contribution in [2.75, 3.05) is 0 Å². The summed E-state index contributed by atoms with van der Waals surface area (Å²) in [4.78, 5) is 12.4. The van der Waals surface area contributed by atoms with Crippen molar-refractivity contribution in [3.8, 4) is 0 Å². The maximum absolute atomic E-state index is 11.2. The van der Waals surface area contributed by atoms with Crippen molar-refractivity contribution in [2.45, 2.75) is 25.3 Å². The van der Waals surface area contributed by atoms with E-state index in [1.165, 1.54) is 0 Å². The van der Waals surface area contributed by atoms with Gasteiger partial charge in [-0.2, -0.15) is 0 Å². The molecule has 13 heavy (non-hydrogen) atoms. The van der Waals surface area contributed by atoms with Gasteiger partial charge in [-0.3, -0.25) is 4.79 Å². The van der Waals surface area contributed by atoms with Crippen LogP contribution in [0.4, 0.5) is 0 Å². The van der Waals surface area contributed by atoms with Crippen molar-refractivity contribution in [1.29, 1.82) is 0 Å². The third kappa shape index (κ3) is 3.01. The first-order chi connectivity index (χ1) is 6.11. The number of amides is 1. The van der Waals surface area contributed by atoms with Crippen molar-refractivity contribution in [3.63, 3.8) is 0 Å². The molecule has 0 saturated carbocycles. The molecule has 1 N–H and O–H groups in total. The van der Waals surface area contributed by atoms with Gasteiger partial charge in [0.15, 0.2) is 0 Å². The first kappa shape index (κ1) is 10.5. The first-order valence-corrected chi connectivity index (χ1v) is 5.40. The first-order valence-electron chi connectivity index (χ1n) is 4.09. The van der Waals surface area contributed by atoms with Crippen molar-refractivity contribution < 1.29 is 4.79 Å². The fourth-order valence-corrected chi connectivity index (χ4v) is 1.73. The predicted octanol–water partition coefficient (Wildman–Crippen LogP) is 2.55. The zero-order chi connectivity index (χ0) is 9.84. The number of nitrogens with one attached hydrogen (secondary N) is 1. The second-order valence-corrected chi connectivity index (χ2v) is 4.50. The molecule has 0 aliphatic heterocycles. The van der Waals surface area contributed by atoms with Crippen molar-refractivity contribution in [1.82, 2.24) is 5.32 Å². The smallest absolute Gasteiger partial charge is 0.238 e. The molecule has 72 valence electrons. The molecule has 0 saturated heterocycles. The maximum atomic E-state index is 11.2. The maximum Gasteiger partial charge on any atom is 0.238 e. The van der Waals surface area contributed by atoms with Gasteiger partial charge in [0.2, 0.25) is 5.91 Å². The van der Waals surface area contributed by atoms with E-state index in [9.17, 15) is 4.79 Å². The van der Waals surface area contributed by atoms with Gasteiger partial charge in [-0.05, 0) is 25.3 Å². The largest absolute Gasteiger partial charge is 0.347 e. The Balaban J connectivity index is 2.51. The number of thiophene rings is 1. The normalized spacial score (nSPS) is 15.0. The number of rotatable bonds is 3. The lowest BCUT2D eigenvalue weighted by atomic mass is 10.2. The Hall–Kier alpha value is -0.540.